The van der Waals surface area contributed by atoms with Crippen LogP contribution in [0.15, 0.2) is 0 Å². The molecule has 2 rings (SSSR count). The molecule has 0 fully saturated rings. The third kappa shape index (κ3) is 2.55. The zero-order valence-electron chi connectivity index (χ0n) is 11.5. The Morgan fingerprint density at radius 1 is 1.35 bits per heavy atom. The van der Waals surface area contributed by atoms with Gasteiger partial charge in [-0.05, 0) is 13.8 Å². The first-order valence-electron chi connectivity index (χ1n) is 5.82. The Balaban J connectivity index is 2.39. The lowest BCUT2D eigenvalue weighted by atomic mass is 10.3. The molecule has 0 spiro atoms. The molecule has 0 aliphatic rings. The molecule has 0 atom stereocenters. The number of methoxy groups -OCH3 is 1. The molecule has 2 N–H and O–H groups in total. The van der Waals surface area contributed by atoms with E-state index in [4.69, 9.17) is 0 Å². The van der Waals surface area contributed by atoms with Gasteiger partial charge >= 0.3 is 5.97 Å². The van der Waals surface area contributed by atoms with E-state index < -0.39 is 5.97 Å². The van der Waals surface area contributed by atoms with Crippen molar-refractivity contribution in [1.29, 1.82) is 0 Å². The van der Waals surface area contributed by atoms with Crippen LogP contribution in [0.5, 0.6) is 0 Å². The molecule has 0 bridgehead atoms. The Morgan fingerprint density at radius 2 is 2.05 bits per heavy atom. The van der Waals surface area contributed by atoms with E-state index in [0.717, 1.165) is 28.4 Å². The second-order valence-electron chi connectivity index (χ2n) is 4.18. The SMILES string of the molecule is COC(=O)c1nc(Nc2c(C)n[nH]c2C)sc1C(C)=O. The number of hydrogen-bond acceptors (Lipinski definition) is 7. The Morgan fingerprint density at radius 3 is 2.55 bits per heavy atom. The minimum absolute atomic E-state index is 0.0336. The van der Waals surface area contributed by atoms with Crippen LogP contribution in [0.4, 0.5) is 10.8 Å². The number of nitrogens with one attached hydrogen (secondary N) is 2. The van der Waals surface area contributed by atoms with E-state index in [9.17, 15) is 9.59 Å². The molecule has 0 radical (unpaired) electrons. The van der Waals surface area contributed by atoms with E-state index in [-0.39, 0.29) is 16.4 Å². The maximum atomic E-state index is 11.6. The van der Waals surface area contributed by atoms with Crippen LogP contribution in [0.2, 0.25) is 0 Å². The van der Waals surface area contributed by atoms with E-state index in [1.165, 1.54) is 14.0 Å². The van der Waals surface area contributed by atoms with Gasteiger partial charge in [-0.3, -0.25) is 9.89 Å². The maximum absolute atomic E-state index is 11.6. The van der Waals surface area contributed by atoms with Crippen LogP contribution in [0, 0.1) is 13.8 Å². The number of anilines is 2. The highest BCUT2D eigenvalue weighted by atomic mass is 32.1. The topological polar surface area (TPSA) is 97.0 Å². The zero-order chi connectivity index (χ0) is 14.9. The Labute approximate surface area is 119 Å². The molecule has 106 valence electrons. The molecule has 20 heavy (non-hydrogen) atoms. The number of aromatic amines is 1. The van der Waals surface area contributed by atoms with Gasteiger partial charge in [-0.1, -0.05) is 11.3 Å². The lowest BCUT2D eigenvalue weighted by molar-refractivity contribution is 0.0591. The molecule has 7 nitrogen and oxygen atoms in total. The fourth-order valence-electron chi connectivity index (χ4n) is 1.69. The number of Topliss-reactive ketones (excluding diaryl/α,β-unsaturated/α-hetero) is 1. The summed E-state index contributed by atoms with van der Waals surface area (Å²) in [4.78, 5) is 27.6. The quantitative estimate of drug-likeness (QED) is 0.663. The number of esters is 1. The summed E-state index contributed by atoms with van der Waals surface area (Å²) >= 11 is 1.11. The fraction of sp³-hybridized carbons (Fsp3) is 0.333. The van der Waals surface area contributed by atoms with Crippen LogP contribution in [-0.4, -0.2) is 34.0 Å². The first kappa shape index (κ1) is 14.2. The number of nitrogens with zero attached hydrogens (tertiary/aromatic N) is 2. The number of H-pyrrole nitrogens is 1. The molecule has 0 aliphatic carbocycles. The molecular formula is C12H14N4O3S. The Kier molecular flexibility index (Phi) is 3.84. The van der Waals surface area contributed by atoms with Gasteiger partial charge in [0.25, 0.3) is 0 Å². The summed E-state index contributed by atoms with van der Waals surface area (Å²) in [6, 6.07) is 0. The van der Waals surface area contributed by atoms with Crippen molar-refractivity contribution in [2.45, 2.75) is 20.8 Å². The number of aryl methyl sites for hydroxylation is 2. The van der Waals surface area contributed by atoms with Gasteiger partial charge in [0.1, 0.15) is 4.88 Å². The molecule has 0 unspecified atom stereocenters. The normalized spacial score (nSPS) is 10.4. The summed E-state index contributed by atoms with van der Waals surface area (Å²) in [5.74, 6) is -0.850. The largest absolute Gasteiger partial charge is 0.464 e. The lowest BCUT2D eigenvalue weighted by Crippen LogP contribution is -2.07. The van der Waals surface area contributed by atoms with Crippen LogP contribution in [0.3, 0.4) is 0 Å². The highest BCUT2D eigenvalue weighted by Gasteiger charge is 2.22. The molecule has 0 amide bonds. The van der Waals surface area contributed by atoms with E-state index in [1.54, 1.807) is 0 Å². The van der Waals surface area contributed by atoms with Crippen LogP contribution >= 0.6 is 11.3 Å². The predicted octanol–water partition coefficient (Wildman–Crippen LogP) is 2.22. The highest BCUT2D eigenvalue weighted by molar-refractivity contribution is 7.17. The van der Waals surface area contributed by atoms with Gasteiger partial charge in [-0.2, -0.15) is 5.10 Å². The Hall–Kier alpha value is -2.22. The average Bonchev–Trinajstić information content (AvgIpc) is 2.97. The maximum Gasteiger partial charge on any atom is 0.358 e. The molecule has 2 heterocycles. The molecule has 2 aromatic rings. The highest BCUT2D eigenvalue weighted by Crippen LogP contribution is 2.29. The molecule has 8 heteroatoms. The standard InChI is InChI=1S/C12H14N4O3S/c1-5-8(6(2)16-15-5)13-12-14-9(11(18)19-4)10(20-12)7(3)17/h1-4H3,(H,13,14)(H,15,16). The van der Waals surface area contributed by atoms with Crippen molar-refractivity contribution < 1.29 is 14.3 Å². The average molecular weight is 294 g/mol. The number of thiazole rings is 1. The van der Waals surface area contributed by atoms with Crippen molar-refractivity contribution >= 4 is 33.9 Å². The number of aromatic nitrogens is 3. The molecule has 0 saturated carbocycles. The van der Waals surface area contributed by atoms with Crippen LogP contribution < -0.4 is 5.32 Å². The fourth-order valence-corrected chi connectivity index (χ4v) is 2.54. The summed E-state index contributed by atoms with van der Waals surface area (Å²) in [6.07, 6.45) is 0. The third-order valence-corrected chi connectivity index (χ3v) is 3.76. The molecule has 0 saturated heterocycles. The van der Waals surface area contributed by atoms with Gasteiger partial charge in [-0.25, -0.2) is 9.78 Å². The van der Waals surface area contributed by atoms with Gasteiger partial charge in [0.15, 0.2) is 16.6 Å². The van der Waals surface area contributed by atoms with Gasteiger partial charge in [0.2, 0.25) is 0 Å². The minimum atomic E-state index is -0.625. The molecular weight excluding hydrogens is 280 g/mol. The van der Waals surface area contributed by atoms with Crippen LogP contribution in [0.25, 0.3) is 0 Å². The van der Waals surface area contributed by atoms with Crippen molar-refractivity contribution in [1.82, 2.24) is 15.2 Å². The molecule has 0 aromatic carbocycles. The number of ether oxygens (including phenoxy) is 1. The van der Waals surface area contributed by atoms with Crippen molar-refractivity contribution in [3.63, 3.8) is 0 Å². The van der Waals surface area contributed by atoms with Crippen LogP contribution in [-0.2, 0) is 4.74 Å². The van der Waals surface area contributed by atoms with E-state index in [1.807, 2.05) is 13.8 Å². The van der Waals surface area contributed by atoms with Crippen molar-refractivity contribution in [2.75, 3.05) is 12.4 Å². The van der Waals surface area contributed by atoms with Gasteiger partial charge in [-0.15, -0.1) is 0 Å². The second-order valence-corrected chi connectivity index (χ2v) is 5.18. The summed E-state index contributed by atoms with van der Waals surface area (Å²) < 4.78 is 4.63. The number of hydrogen-bond donors (Lipinski definition) is 2. The summed E-state index contributed by atoms with van der Waals surface area (Å²) in [6.45, 7) is 5.09. The molecule has 2 aromatic heterocycles. The monoisotopic (exact) mass is 294 g/mol. The van der Waals surface area contributed by atoms with E-state index in [0.29, 0.717) is 5.13 Å². The number of rotatable bonds is 4. The minimum Gasteiger partial charge on any atom is -0.464 e. The van der Waals surface area contributed by atoms with Crippen molar-refractivity contribution in [3.05, 3.63) is 22.0 Å². The number of ketones is 1. The van der Waals surface area contributed by atoms with Gasteiger partial charge in [0.05, 0.1) is 24.2 Å². The smallest absolute Gasteiger partial charge is 0.358 e. The van der Waals surface area contributed by atoms with Crippen LogP contribution in [0.1, 0.15) is 38.5 Å². The first-order chi connectivity index (χ1) is 9.43. The van der Waals surface area contributed by atoms with Crippen molar-refractivity contribution in [2.24, 2.45) is 0 Å². The summed E-state index contributed by atoms with van der Waals surface area (Å²) in [7, 11) is 1.25. The second kappa shape index (κ2) is 5.41. The summed E-state index contributed by atoms with van der Waals surface area (Å²) in [5.41, 5.74) is 2.44. The number of carbonyl (C=O) groups is 2. The Bertz CT molecular complexity index is 655. The third-order valence-electron chi connectivity index (χ3n) is 2.69. The van der Waals surface area contributed by atoms with Gasteiger partial charge < -0.3 is 10.1 Å². The first-order valence-corrected chi connectivity index (χ1v) is 6.64. The zero-order valence-corrected chi connectivity index (χ0v) is 12.3. The van der Waals surface area contributed by atoms with Gasteiger partial charge in [0, 0.05) is 6.92 Å². The lowest BCUT2D eigenvalue weighted by Gasteiger charge is -2.01. The molecule has 0 aliphatic heterocycles. The van der Waals surface area contributed by atoms with E-state index in [2.05, 4.69) is 25.2 Å². The predicted molar refractivity (Wildman–Crippen MR) is 74.8 cm³/mol. The van der Waals surface area contributed by atoms with E-state index >= 15 is 0 Å². The summed E-state index contributed by atoms with van der Waals surface area (Å²) in [5, 5.41) is 10.4. The number of carbonyl (C=O) groups excluding carboxylic acids is 2. The van der Waals surface area contributed by atoms with Crippen molar-refractivity contribution in [3.8, 4) is 0 Å².